The number of aliphatic hydroxyl groups excluding tert-OH is 1. The maximum absolute atomic E-state index is 10.2. The molecule has 3 heteroatoms. The first kappa shape index (κ1) is 12.6. The molecular weight excluding hydrogens is 214 g/mol. The fraction of sp³-hybridized carbons (Fsp3) is 0.571. The Morgan fingerprint density at radius 1 is 1.06 bits per heavy atom. The number of ether oxygens (including phenoxy) is 1. The molecule has 0 saturated carbocycles. The molecule has 2 rings (SSSR count). The maximum atomic E-state index is 10.2. The Hall–Kier alpha value is -0.900. The monoisotopic (exact) mass is 235 g/mol. The van der Waals surface area contributed by atoms with Gasteiger partial charge in [0.1, 0.15) is 6.23 Å². The van der Waals surface area contributed by atoms with E-state index in [2.05, 4.69) is 26.0 Å². The highest BCUT2D eigenvalue weighted by Crippen LogP contribution is 2.21. The lowest BCUT2D eigenvalue weighted by Gasteiger charge is -2.31. The number of nitrogens with zero attached hydrogens (tertiary/aromatic N) is 1. The standard InChI is InChI=1S/C14H21NO2/c1-11(2)12-3-5-13(6-4-12)14(16)15-7-9-17-10-8-15/h3-6,11,14,16H,7-10H2,1-2H3. The Morgan fingerprint density at radius 3 is 2.12 bits per heavy atom. The Kier molecular flexibility index (Phi) is 4.15. The summed E-state index contributed by atoms with van der Waals surface area (Å²) < 4.78 is 5.28. The van der Waals surface area contributed by atoms with Crippen LogP contribution in [-0.4, -0.2) is 36.3 Å². The van der Waals surface area contributed by atoms with Gasteiger partial charge in [-0.25, -0.2) is 0 Å². The minimum atomic E-state index is -0.500. The summed E-state index contributed by atoms with van der Waals surface area (Å²) >= 11 is 0. The number of aliphatic hydroxyl groups is 1. The Labute approximate surface area is 103 Å². The van der Waals surface area contributed by atoms with Gasteiger partial charge in [-0.3, -0.25) is 4.90 Å². The van der Waals surface area contributed by atoms with Crippen LogP contribution in [0.15, 0.2) is 24.3 Å². The van der Waals surface area contributed by atoms with E-state index in [0.29, 0.717) is 19.1 Å². The van der Waals surface area contributed by atoms with Crippen LogP contribution in [0.1, 0.15) is 37.1 Å². The van der Waals surface area contributed by atoms with Gasteiger partial charge in [-0.05, 0) is 17.0 Å². The molecule has 1 aliphatic rings. The van der Waals surface area contributed by atoms with Gasteiger partial charge in [0.05, 0.1) is 13.2 Å². The molecule has 94 valence electrons. The zero-order chi connectivity index (χ0) is 12.3. The third-order valence-corrected chi connectivity index (χ3v) is 3.29. The first-order valence-corrected chi connectivity index (χ1v) is 6.28. The minimum Gasteiger partial charge on any atom is -0.379 e. The van der Waals surface area contributed by atoms with Gasteiger partial charge in [-0.15, -0.1) is 0 Å². The third kappa shape index (κ3) is 3.06. The molecule has 0 aromatic heterocycles. The van der Waals surface area contributed by atoms with Crippen molar-refractivity contribution in [1.82, 2.24) is 4.90 Å². The highest BCUT2D eigenvalue weighted by atomic mass is 16.5. The predicted octanol–water partition coefficient (Wildman–Crippen LogP) is 2.13. The van der Waals surface area contributed by atoms with Gasteiger partial charge < -0.3 is 9.84 Å². The lowest BCUT2D eigenvalue weighted by molar-refractivity contribution is -0.0603. The van der Waals surface area contributed by atoms with Crippen molar-refractivity contribution in [2.24, 2.45) is 0 Å². The Morgan fingerprint density at radius 2 is 1.59 bits per heavy atom. The van der Waals surface area contributed by atoms with Crippen LogP contribution in [0.4, 0.5) is 0 Å². The zero-order valence-corrected chi connectivity index (χ0v) is 10.6. The SMILES string of the molecule is CC(C)c1ccc(C(O)N2CCOCC2)cc1. The molecular formula is C14H21NO2. The molecule has 1 aromatic carbocycles. The van der Waals surface area contributed by atoms with Crippen LogP contribution in [0, 0.1) is 0 Å². The summed E-state index contributed by atoms with van der Waals surface area (Å²) in [6.07, 6.45) is -0.500. The Bertz CT molecular complexity index is 342. The number of hydrogen-bond acceptors (Lipinski definition) is 3. The maximum Gasteiger partial charge on any atom is 0.133 e. The predicted molar refractivity (Wildman–Crippen MR) is 67.9 cm³/mol. The largest absolute Gasteiger partial charge is 0.379 e. The fourth-order valence-electron chi connectivity index (χ4n) is 2.09. The zero-order valence-electron chi connectivity index (χ0n) is 10.6. The highest BCUT2D eigenvalue weighted by molar-refractivity contribution is 5.25. The smallest absolute Gasteiger partial charge is 0.133 e. The van der Waals surface area contributed by atoms with Crippen LogP contribution in [0.25, 0.3) is 0 Å². The minimum absolute atomic E-state index is 0.500. The van der Waals surface area contributed by atoms with E-state index in [1.54, 1.807) is 0 Å². The van der Waals surface area contributed by atoms with Crippen molar-refractivity contribution in [2.75, 3.05) is 26.3 Å². The van der Waals surface area contributed by atoms with E-state index in [4.69, 9.17) is 4.74 Å². The molecule has 1 N–H and O–H groups in total. The van der Waals surface area contributed by atoms with Crippen molar-refractivity contribution >= 4 is 0 Å². The molecule has 1 aliphatic heterocycles. The lowest BCUT2D eigenvalue weighted by atomic mass is 10.0. The summed E-state index contributed by atoms with van der Waals surface area (Å²) in [4.78, 5) is 2.05. The van der Waals surface area contributed by atoms with Crippen LogP contribution >= 0.6 is 0 Å². The number of morpholine rings is 1. The van der Waals surface area contributed by atoms with Gasteiger partial charge in [0.15, 0.2) is 0 Å². The highest BCUT2D eigenvalue weighted by Gasteiger charge is 2.19. The third-order valence-electron chi connectivity index (χ3n) is 3.29. The Balaban J connectivity index is 2.05. The second kappa shape index (κ2) is 5.63. The molecule has 0 amide bonds. The fourth-order valence-corrected chi connectivity index (χ4v) is 2.09. The molecule has 1 atom stereocenters. The van der Waals surface area contributed by atoms with Crippen LogP contribution in [-0.2, 0) is 4.74 Å². The first-order valence-electron chi connectivity index (χ1n) is 6.28. The summed E-state index contributed by atoms with van der Waals surface area (Å²) in [5.74, 6) is 0.532. The van der Waals surface area contributed by atoms with Gasteiger partial charge in [-0.2, -0.15) is 0 Å². The molecule has 1 fully saturated rings. The van der Waals surface area contributed by atoms with Crippen LogP contribution < -0.4 is 0 Å². The van der Waals surface area contributed by atoms with Crippen LogP contribution in [0.2, 0.25) is 0 Å². The number of hydrogen-bond donors (Lipinski definition) is 1. The van der Waals surface area contributed by atoms with E-state index in [0.717, 1.165) is 18.7 Å². The number of benzene rings is 1. The molecule has 0 spiro atoms. The van der Waals surface area contributed by atoms with Crippen molar-refractivity contribution in [1.29, 1.82) is 0 Å². The number of rotatable bonds is 3. The molecule has 0 aliphatic carbocycles. The summed E-state index contributed by atoms with van der Waals surface area (Å²) in [7, 11) is 0. The topological polar surface area (TPSA) is 32.7 Å². The van der Waals surface area contributed by atoms with Crippen molar-refractivity contribution in [3.05, 3.63) is 35.4 Å². The average molecular weight is 235 g/mol. The van der Waals surface area contributed by atoms with Gasteiger partial charge in [0.2, 0.25) is 0 Å². The first-order chi connectivity index (χ1) is 8.18. The second-order valence-electron chi connectivity index (χ2n) is 4.84. The summed E-state index contributed by atoms with van der Waals surface area (Å²) in [5, 5.41) is 10.2. The molecule has 0 bridgehead atoms. The molecule has 1 unspecified atom stereocenters. The summed E-state index contributed by atoms with van der Waals surface area (Å²) in [6.45, 7) is 7.36. The van der Waals surface area contributed by atoms with E-state index >= 15 is 0 Å². The molecule has 17 heavy (non-hydrogen) atoms. The van der Waals surface area contributed by atoms with E-state index < -0.39 is 6.23 Å². The van der Waals surface area contributed by atoms with Crippen molar-refractivity contribution in [2.45, 2.75) is 26.0 Å². The molecule has 1 saturated heterocycles. The normalized spacial score (nSPS) is 19.5. The van der Waals surface area contributed by atoms with E-state index in [1.165, 1.54) is 5.56 Å². The van der Waals surface area contributed by atoms with Crippen LogP contribution in [0.3, 0.4) is 0 Å². The second-order valence-corrected chi connectivity index (χ2v) is 4.84. The summed E-state index contributed by atoms with van der Waals surface area (Å²) in [5.41, 5.74) is 2.28. The van der Waals surface area contributed by atoms with Crippen molar-refractivity contribution < 1.29 is 9.84 Å². The quantitative estimate of drug-likeness (QED) is 0.871. The molecule has 0 radical (unpaired) electrons. The van der Waals surface area contributed by atoms with Crippen molar-refractivity contribution in [3.8, 4) is 0 Å². The molecule has 1 heterocycles. The summed E-state index contributed by atoms with van der Waals surface area (Å²) in [6, 6.07) is 8.25. The van der Waals surface area contributed by atoms with Crippen LogP contribution in [0.5, 0.6) is 0 Å². The van der Waals surface area contributed by atoms with Gasteiger partial charge >= 0.3 is 0 Å². The van der Waals surface area contributed by atoms with Gasteiger partial charge in [0, 0.05) is 13.1 Å². The molecule has 1 aromatic rings. The van der Waals surface area contributed by atoms with Crippen molar-refractivity contribution in [3.63, 3.8) is 0 Å². The average Bonchev–Trinajstić information content (AvgIpc) is 2.39. The molecule has 3 nitrogen and oxygen atoms in total. The van der Waals surface area contributed by atoms with Gasteiger partial charge in [-0.1, -0.05) is 38.1 Å². The van der Waals surface area contributed by atoms with Gasteiger partial charge in [0.25, 0.3) is 0 Å². The van der Waals surface area contributed by atoms with E-state index in [1.807, 2.05) is 17.0 Å². The lowest BCUT2D eigenvalue weighted by Crippen LogP contribution is -2.39. The van der Waals surface area contributed by atoms with E-state index in [-0.39, 0.29) is 0 Å². The van der Waals surface area contributed by atoms with E-state index in [9.17, 15) is 5.11 Å².